The molecule has 1 aliphatic rings. The Hall–Kier alpha value is -0.510. The summed E-state index contributed by atoms with van der Waals surface area (Å²) in [4.78, 5) is 3.99. The summed E-state index contributed by atoms with van der Waals surface area (Å²) in [7, 11) is 2.07. The first-order valence-corrected chi connectivity index (χ1v) is 8.55. The summed E-state index contributed by atoms with van der Waals surface area (Å²) in [6, 6.07) is 9.76. The summed E-state index contributed by atoms with van der Waals surface area (Å²) < 4.78 is 0. The van der Waals surface area contributed by atoms with Crippen molar-refractivity contribution < 1.29 is 0 Å². The summed E-state index contributed by atoms with van der Waals surface area (Å²) in [5, 5.41) is 3.37. The van der Waals surface area contributed by atoms with Crippen molar-refractivity contribution in [2.45, 2.75) is 30.7 Å². The number of hydrogen-bond acceptors (Lipinski definition) is 3. The number of likely N-dealkylation sites (tertiary alicyclic amines) is 1. The second kappa shape index (κ2) is 7.32. The molecule has 1 aliphatic heterocycles. The predicted octanol–water partition coefficient (Wildman–Crippen LogP) is 3.40. The minimum atomic E-state index is 0.585. The van der Waals surface area contributed by atoms with Crippen LogP contribution in [0.5, 0.6) is 0 Å². The Balaban J connectivity index is 2.22. The van der Waals surface area contributed by atoms with Crippen LogP contribution in [0.4, 0.5) is 0 Å². The van der Waals surface area contributed by atoms with Gasteiger partial charge in [-0.05, 0) is 69.4 Å². The van der Waals surface area contributed by atoms with Gasteiger partial charge in [-0.2, -0.15) is 0 Å². The molecule has 2 nitrogen and oxygen atoms in total. The summed E-state index contributed by atoms with van der Waals surface area (Å²) in [6.45, 7) is 5.79. The lowest BCUT2D eigenvalue weighted by Crippen LogP contribution is -2.41. The largest absolute Gasteiger partial charge is 0.319 e. The fraction of sp³-hybridized carbons (Fsp3) is 0.625. The SMILES string of the molecule is CCN1CCCC(CNC)C1c1ccc(SC)cc1. The molecule has 0 amide bonds. The molecule has 1 aromatic carbocycles. The van der Waals surface area contributed by atoms with Gasteiger partial charge in [0.2, 0.25) is 0 Å². The van der Waals surface area contributed by atoms with E-state index in [1.807, 2.05) is 11.8 Å². The van der Waals surface area contributed by atoms with Gasteiger partial charge in [-0.25, -0.2) is 0 Å². The molecule has 1 fully saturated rings. The van der Waals surface area contributed by atoms with Crippen LogP contribution in [-0.2, 0) is 0 Å². The van der Waals surface area contributed by atoms with Gasteiger partial charge < -0.3 is 5.32 Å². The minimum absolute atomic E-state index is 0.585. The summed E-state index contributed by atoms with van der Waals surface area (Å²) in [6.07, 6.45) is 4.81. The standard InChI is InChI=1S/C16H26N2S/c1-4-18-11-5-6-14(12-17-2)16(18)13-7-9-15(19-3)10-8-13/h7-10,14,16-17H,4-6,11-12H2,1-3H3. The average Bonchev–Trinajstić information content (AvgIpc) is 2.47. The number of hydrogen-bond donors (Lipinski definition) is 1. The second-order valence-electron chi connectivity index (χ2n) is 5.31. The van der Waals surface area contributed by atoms with Crippen molar-refractivity contribution in [2.75, 3.05) is 32.9 Å². The van der Waals surface area contributed by atoms with Gasteiger partial charge >= 0.3 is 0 Å². The van der Waals surface area contributed by atoms with Crippen LogP contribution in [0.1, 0.15) is 31.4 Å². The molecule has 0 aromatic heterocycles. The van der Waals surface area contributed by atoms with Gasteiger partial charge in [0, 0.05) is 10.9 Å². The molecule has 106 valence electrons. The van der Waals surface area contributed by atoms with Crippen LogP contribution < -0.4 is 5.32 Å². The highest BCUT2D eigenvalue weighted by atomic mass is 32.2. The Morgan fingerprint density at radius 3 is 2.63 bits per heavy atom. The van der Waals surface area contributed by atoms with Crippen molar-refractivity contribution >= 4 is 11.8 Å². The van der Waals surface area contributed by atoms with E-state index in [4.69, 9.17) is 0 Å². The van der Waals surface area contributed by atoms with Crippen LogP contribution in [0.15, 0.2) is 29.2 Å². The molecule has 0 saturated carbocycles. The van der Waals surface area contributed by atoms with Gasteiger partial charge in [-0.1, -0.05) is 19.1 Å². The van der Waals surface area contributed by atoms with Crippen LogP contribution in [-0.4, -0.2) is 37.8 Å². The first kappa shape index (κ1) is 14.9. The maximum Gasteiger partial charge on any atom is 0.0388 e. The van der Waals surface area contributed by atoms with Crippen LogP contribution in [0, 0.1) is 5.92 Å². The normalized spacial score (nSPS) is 24.6. The van der Waals surface area contributed by atoms with Crippen molar-refractivity contribution in [3.05, 3.63) is 29.8 Å². The molecule has 1 aromatic rings. The van der Waals surface area contributed by atoms with Crippen molar-refractivity contribution in [3.63, 3.8) is 0 Å². The number of rotatable bonds is 5. The Morgan fingerprint density at radius 1 is 1.32 bits per heavy atom. The van der Waals surface area contributed by atoms with E-state index in [-0.39, 0.29) is 0 Å². The fourth-order valence-corrected chi connectivity index (χ4v) is 3.67. The first-order valence-electron chi connectivity index (χ1n) is 7.32. The number of nitrogens with zero attached hydrogens (tertiary/aromatic N) is 1. The molecular formula is C16H26N2S. The second-order valence-corrected chi connectivity index (χ2v) is 6.19. The van der Waals surface area contributed by atoms with Crippen molar-refractivity contribution in [1.82, 2.24) is 10.2 Å². The zero-order valence-corrected chi connectivity index (χ0v) is 13.2. The maximum absolute atomic E-state index is 3.37. The van der Waals surface area contributed by atoms with E-state index in [1.54, 1.807) is 0 Å². The minimum Gasteiger partial charge on any atom is -0.319 e. The number of thioether (sulfide) groups is 1. The maximum atomic E-state index is 3.37. The molecule has 19 heavy (non-hydrogen) atoms. The van der Waals surface area contributed by atoms with Gasteiger partial charge in [0.1, 0.15) is 0 Å². The van der Waals surface area contributed by atoms with E-state index in [0.717, 1.165) is 19.0 Å². The lowest BCUT2D eigenvalue weighted by Gasteiger charge is -2.41. The third kappa shape index (κ3) is 3.53. The van der Waals surface area contributed by atoms with E-state index < -0.39 is 0 Å². The lowest BCUT2D eigenvalue weighted by atomic mass is 9.84. The molecule has 1 saturated heterocycles. The van der Waals surface area contributed by atoms with Gasteiger partial charge in [-0.15, -0.1) is 11.8 Å². The third-order valence-corrected chi connectivity index (χ3v) is 4.93. The molecule has 2 rings (SSSR count). The molecule has 2 unspecified atom stereocenters. The van der Waals surface area contributed by atoms with E-state index in [0.29, 0.717) is 6.04 Å². The number of nitrogens with one attached hydrogen (secondary N) is 1. The van der Waals surface area contributed by atoms with E-state index in [9.17, 15) is 0 Å². The lowest BCUT2D eigenvalue weighted by molar-refractivity contribution is 0.0982. The zero-order valence-electron chi connectivity index (χ0n) is 12.4. The fourth-order valence-electron chi connectivity index (χ4n) is 3.27. The molecule has 0 bridgehead atoms. The van der Waals surface area contributed by atoms with Gasteiger partial charge in [0.05, 0.1) is 0 Å². The van der Waals surface area contributed by atoms with Gasteiger partial charge in [-0.3, -0.25) is 4.90 Å². The number of piperidine rings is 1. The Labute approximate surface area is 122 Å². The highest BCUT2D eigenvalue weighted by Gasteiger charge is 2.31. The van der Waals surface area contributed by atoms with Crippen molar-refractivity contribution in [1.29, 1.82) is 0 Å². The molecular weight excluding hydrogens is 252 g/mol. The van der Waals surface area contributed by atoms with E-state index >= 15 is 0 Å². The monoisotopic (exact) mass is 278 g/mol. The molecule has 0 aliphatic carbocycles. The molecule has 3 heteroatoms. The van der Waals surface area contributed by atoms with E-state index in [1.165, 1.54) is 29.8 Å². The smallest absolute Gasteiger partial charge is 0.0388 e. The van der Waals surface area contributed by atoms with Crippen LogP contribution in [0.3, 0.4) is 0 Å². The summed E-state index contributed by atoms with van der Waals surface area (Å²) in [5.74, 6) is 0.735. The van der Waals surface area contributed by atoms with Gasteiger partial charge in [0.25, 0.3) is 0 Å². The van der Waals surface area contributed by atoms with E-state index in [2.05, 4.69) is 54.7 Å². The predicted molar refractivity (Wildman–Crippen MR) is 84.9 cm³/mol. The quantitative estimate of drug-likeness (QED) is 0.831. The van der Waals surface area contributed by atoms with Crippen molar-refractivity contribution in [3.8, 4) is 0 Å². The highest BCUT2D eigenvalue weighted by Crippen LogP contribution is 2.36. The molecule has 1 heterocycles. The van der Waals surface area contributed by atoms with Crippen LogP contribution >= 0.6 is 11.8 Å². The summed E-state index contributed by atoms with van der Waals surface area (Å²) >= 11 is 1.82. The first-order chi connectivity index (χ1) is 9.30. The Bertz CT molecular complexity index is 375. The molecule has 1 N–H and O–H groups in total. The Kier molecular flexibility index (Phi) is 5.74. The third-order valence-electron chi connectivity index (χ3n) is 4.19. The average molecular weight is 278 g/mol. The topological polar surface area (TPSA) is 15.3 Å². The molecule has 0 spiro atoms. The molecule has 2 atom stereocenters. The van der Waals surface area contributed by atoms with Crippen molar-refractivity contribution in [2.24, 2.45) is 5.92 Å². The molecule has 0 radical (unpaired) electrons. The van der Waals surface area contributed by atoms with Crippen LogP contribution in [0.25, 0.3) is 0 Å². The van der Waals surface area contributed by atoms with Gasteiger partial charge in [0.15, 0.2) is 0 Å². The zero-order chi connectivity index (χ0) is 13.7. The number of benzene rings is 1. The highest BCUT2D eigenvalue weighted by molar-refractivity contribution is 7.98. The summed E-state index contributed by atoms with van der Waals surface area (Å²) in [5.41, 5.74) is 1.49. The van der Waals surface area contributed by atoms with Crippen LogP contribution in [0.2, 0.25) is 0 Å². The Morgan fingerprint density at radius 2 is 2.05 bits per heavy atom.